The Hall–Kier alpha value is -2.17. The Balaban J connectivity index is 1.68. The van der Waals surface area contributed by atoms with E-state index in [1.54, 1.807) is 11.3 Å². The van der Waals surface area contributed by atoms with Crippen molar-refractivity contribution in [1.29, 1.82) is 0 Å². The number of likely N-dealkylation sites (N-methyl/N-ethyl adjacent to an activating group) is 1. The van der Waals surface area contributed by atoms with Gasteiger partial charge in [0.1, 0.15) is 5.01 Å². The van der Waals surface area contributed by atoms with Gasteiger partial charge < -0.3 is 4.90 Å². The molecule has 0 saturated heterocycles. The highest BCUT2D eigenvalue weighted by Gasteiger charge is 2.16. The number of aromatic nitrogens is 1. The highest BCUT2D eigenvalue weighted by atomic mass is 35.5. The van der Waals surface area contributed by atoms with E-state index in [9.17, 15) is 4.79 Å². The Morgan fingerprint density at radius 3 is 2.56 bits per heavy atom. The number of halogens is 1. The number of hydrogen-bond donors (Lipinski definition) is 0. The lowest BCUT2D eigenvalue weighted by atomic mass is 10.2. The van der Waals surface area contributed by atoms with Crippen LogP contribution in [0.3, 0.4) is 0 Å². The Labute approximate surface area is 156 Å². The van der Waals surface area contributed by atoms with Crippen LogP contribution in [0.5, 0.6) is 0 Å². The van der Waals surface area contributed by atoms with Gasteiger partial charge in [0.25, 0.3) is 0 Å². The van der Waals surface area contributed by atoms with Gasteiger partial charge in [-0.25, -0.2) is 4.98 Å². The zero-order chi connectivity index (χ0) is 17.6. The second-order valence-corrected chi connectivity index (χ2v) is 6.95. The van der Waals surface area contributed by atoms with Gasteiger partial charge in [0, 0.05) is 29.1 Å². The first kappa shape index (κ1) is 17.6. The maximum Gasteiger partial charge on any atom is 0.228 e. The third-order valence-electron chi connectivity index (χ3n) is 3.96. The molecule has 0 atom stereocenters. The molecule has 0 unspecified atom stereocenters. The number of hydrogen-bond acceptors (Lipinski definition) is 3. The van der Waals surface area contributed by atoms with E-state index in [2.05, 4.69) is 4.98 Å². The molecule has 0 saturated carbocycles. The summed E-state index contributed by atoms with van der Waals surface area (Å²) in [6.07, 6.45) is 0.307. The summed E-state index contributed by atoms with van der Waals surface area (Å²) in [5, 5.41) is 3.59. The standard InChI is InChI=1S/C20H19ClN2OS/c1-2-23(13-16-10-6-7-11-18(16)21)19(24)12-17-14-25-20(22-17)15-8-4-3-5-9-15/h3-11,14H,2,12-13H2,1H3. The summed E-state index contributed by atoms with van der Waals surface area (Å²) >= 11 is 7.78. The minimum absolute atomic E-state index is 0.0623. The second kappa shape index (κ2) is 8.28. The third-order valence-corrected chi connectivity index (χ3v) is 5.27. The summed E-state index contributed by atoms with van der Waals surface area (Å²) in [7, 11) is 0. The van der Waals surface area contributed by atoms with Crippen molar-refractivity contribution >= 4 is 28.8 Å². The molecule has 2 aromatic carbocycles. The quantitative estimate of drug-likeness (QED) is 0.608. The Morgan fingerprint density at radius 1 is 1.12 bits per heavy atom. The number of carbonyl (C=O) groups excluding carboxylic acids is 1. The minimum atomic E-state index is 0.0623. The van der Waals surface area contributed by atoms with Crippen LogP contribution in [0.2, 0.25) is 5.02 Å². The Morgan fingerprint density at radius 2 is 1.84 bits per heavy atom. The van der Waals surface area contributed by atoms with E-state index in [0.717, 1.165) is 21.8 Å². The molecule has 3 aromatic rings. The highest BCUT2D eigenvalue weighted by molar-refractivity contribution is 7.13. The van der Waals surface area contributed by atoms with Crippen LogP contribution in [0.15, 0.2) is 60.0 Å². The molecule has 0 radical (unpaired) electrons. The van der Waals surface area contributed by atoms with E-state index in [4.69, 9.17) is 11.6 Å². The Kier molecular flexibility index (Phi) is 5.84. The molecule has 5 heteroatoms. The lowest BCUT2D eigenvalue weighted by Crippen LogP contribution is -2.31. The predicted octanol–water partition coefficient (Wildman–Crippen LogP) is 5.05. The number of thiazole rings is 1. The summed E-state index contributed by atoms with van der Waals surface area (Å²) in [6.45, 7) is 3.13. The summed E-state index contributed by atoms with van der Waals surface area (Å²) in [5.41, 5.74) is 2.85. The van der Waals surface area contributed by atoms with Crippen molar-refractivity contribution in [2.45, 2.75) is 19.9 Å². The van der Waals surface area contributed by atoms with E-state index in [-0.39, 0.29) is 5.91 Å². The molecule has 0 aliphatic carbocycles. The first-order valence-electron chi connectivity index (χ1n) is 8.18. The lowest BCUT2D eigenvalue weighted by Gasteiger charge is -2.21. The van der Waals surface area contributed by atoms with E-state index in [1.807, 2.05) is 71.8 Å². The van der Waals surface area contributed by atoms with Crippen molar-refractivity contribution in [2.24, 2.45) is 0 Å². The van der Waals surface area contributed by atoms with Gasteiger partial charge in [-0.2, -0.15) is 0 Å². The molecule has 0 fully saturated rings. The molecule has 0 aliphatic rings. The minimum Gasteiger partial charge on any atom is -0.338 e. The molecule has 0 bridgehead atoms. The SMILES string of the molecule is CCN(Cc1ccccc1Cl)C(=O)Cc1csc(-c2ccccc2)n1. The largest absolute Gasteiger partial charge is 0.338 e. The number of amides is 1. The zero-order valence-electron chi connectivity index (χ0n) is 14.0. The summed E-state index contributed by atoms with van der Waals surface area (Å²) in [6, 6.07) is 17.6. The van der Waals surface area contributed by atoms with Crippen LogP contribution in [0.25, 0.3) is 10.6 Å². The molecule has 0 N–H and O–H groups in total. The molecular weight excluding hydrogens is 352 g/mol. The second-order valence-electron chi connectivity index (χ2n) is 5.69. The van der Waals surface area contributed by atoms with Gasteiger partial charge in [0.05, 0.1) is 12.1 Å². The molecule has 128 valence electrons. The van der Waals surface area contributed by atoms with E-state index in [1.165, 1.54) is 0 Å². The van der Waals surface area contributed by atoms with Crippen molar-refractivity contribution < 1.29 is 4.79 Å². The van der Waals surface area contributed by atoms with Gasteiger partial charge >= 0.3 is 0 Å². The van der Waals surface area contributed by atoms with Gasteiger partial charge in [-0.1, -0.05) is 60.1 Å². The van der Waals surface area contributed by atoms with Crippen LogP contribution < -0.4 is 0 Å². The summed E-state index contributed by atoms with van der Waals surface area (Å²) in [4.78, 5) is 19.1. The third kappa shape index (κ3) is 4.47. The molecule has 3 rings (SSSR count). The Bertz CT molecular complexity index is 848. The predicted molar refractivity (Wildman–Crippen MR) is 104 cm³/mol. The maximum absolute atomic E-state index is 12.7. The molecule has 0 aliphatic heterocycles. The fraction of sp³-hybridized carbons (Fsp3) is 0.200. The molecule has 1 heterocycles. The van der Waals surface area contributed by atoms with E-state index >= 15 is 0 Å². The van der Waals surface area contributed by atoms with Crippen LogP contribution in [0, 0.1) is 0 Å². The molecule has 0 spiro atoms. The van der Waals surface area contributed by atoms with Crippen LogP contribution in [-0.4, -0.2) is 22.3 Å². The van der Waals surface area contributed by atoms with Crippen molar-refractivity contribution in [1.82, 2.24) is 9.88 Å². The first-order chi connectivity index (χ1) is 12.2. The molecule has 1 amide bonds. The number of nitrogens with zero attached hydrogens (tertiary/aromatic N) is 2. The summed E-state index contributed by atoms with van der Waals surface area (Å²) < 4.78 is 0. The number of rotatable bonds is 6. The van der Waals surface area contributed by atoms with Crippen LogP contribution in [-0.2, 0) is 17.8 Å². The van der Waals surface area contributed by atoms with Gasteiger partial charge in [-0.15, -0.1) is 11.3 Å². The van der Waals surface area contributed by atoms with Crippen LogP contribution in [0.4, 0.5) is 0 Å². The molecular formula is C20H19ClN2OS. The number of carbonyl (C=O) groups is 1. The topological polar surface area (TPSA) is 33.2 Å². The van der Waals surface area contributed by atoms with E-state index in [0.29, 0.717) is 24.5 Å². The van der Waals surface area contributed by atoms with Gasteiger partial charge in [-0.3, -0.25) is 4.79 Å². The zero-order valence-corrected chi connectivity index (χ0v) is 15.6. The van der Waals surface area contributed by atoms with Gasteiger partial charge in [0.2, 0.25) is 5.91 Å². The van der Waals surface area contributed by atoms with Crippen molar-refractivity contribution in [2.75, 3.05) is 6.54 Å². The average Bonchev–Trinajstić information content (AvgIpc) is 3.10. The molecule has 3 nitrogen and oxygen atoms in total. The fourth-order valence-electron chi connectivity index (χ4n) is 2.58. The average molecular weight is 371 g/mol. The highest BCUT2D eigenvalue weighted by Crippen LogP contribution is 2.24. The van der Waals surface area contributed by atoms with Crippen molar-refractivity contribution in [3.8, 4) is 10.6 Å². The fourth-order valence-corrected chi connectivity index (χ4v) is 3.60. The van der Waals surface area contributed by atoms with Crippen molar-refractivity contribution in [3.63, 3.8) is 0 Å². The molecule has 25 heavy (non-hydrogen) atoms. The maximum atomic E-state index is 12.7. The van der Waals surface area contributed by atoms with Crippen LogP contribution >= 0.6 is 22.9 Å². The van der Waals surface area contributed by atoms with Gasteiger partial charge in [-0.05, 0) is 18.6 Å². The van der Waals surface area contributed by atoms with E-state index < -0.39 is 0 Å². The number of benzene rings is 2. The lowest BCUT2D eigenvalue weighted by molar-refractivity contribution is -0.130. The van der Waals surface area contributed by atoms with Gasteiger partial charge in [0.15, 0.2) is 0 Å². The molecule has 1 aromatic heterocycles. The first-order valence-corrected chi connectivity index (χ1v) is 9.44. The van der Waals surface area contributed by atoms with Crippen molar-refractivity contribution in [3.05, 3.63) is 76.3 Å². The van der Waals surface area contributed by atoms with Crippen LogP contribution in [0.1, 0.15) is 18.2 Å². The monoisotopic (exact) mass is 370 g/mol. The summed E-state index contributed by atoms with van der Waals surface area (Å²) in [5.74, 6) is 0.0623. The smallest absolute Gasteiger partial charge is 0.228 e. The normalized spacial score (nSPS) is 10.6.